The monoisotopic (exact) mass is 295 g/mol. The third kappa shape index (κ3) is 2.51. The SMILES string of the molecule is Cc1noc2ncnc(Oc3cccc(C(F)(F)F)c3)c12. The Morgan fingerprint density at radius 1 is 1.19 bits per heavy atom. The summed E-state index contributed by atoms with van der Waals surface area (Å²) in [6.07, 6.45) is -3.25. The van der Waals surface area contributed by atoms with Gasteiger partial charge in [0.05, 0.1) is 11.3 Å². The summed E-state index contributed by atoms with van der Waals surface area (Å²) in [5, 5.41) is 4.14. The highest BCUT2D eigenvalue weighted by molar-refractivity contribution is 5.81. The molecule has 0 spiro atoms. The molecule has 0 aliphatic rings. The molecule has 5 nitrogen and oxygen atoms in total. The third-order valence-corrected chi connectivity index (χ3v) is 2.78. The van der Waals surface area contributed by atoms with Crippen LogP contribution in [-0.4, -0.2) is 15.1 Å². The summed E-state index contributed by atoms with van der Waals surface area (Å²) in [7, 11) is 0. The summed E-state index contributed by atoms with van der Waals surface area (Å²) < 4.78 is 48.4. The van der Waals surface area contributed by atoms with Crippen LogP contribution in [0.25, 0.3) is 11.1 Å². The molecule has 108 valence electrons. The molecule has 0 aliphatic heterocycles. The van der Waals surface area contributed by atoms with Crippen molar-refractivity contribution in [3.63, 3.8) is 0 Å². The van der Waals surface area contributed by atoms with Gasteiger partial charge in [-0.3, -0.25) is 0 Å². The fourth-order valence-corrected chi connectivity index (χ4v) is 1.82. The van der Waals surface area contributed by atoms with E-state index in [2.05, 4.69) is 15.1 Å². The minimum atomic E-state index is -4.44. The fraction of sp³-hybridized carbons (Fsp3) is 0.154. The number of alkyl halides is 3. The van der Waals surface area contributed by atoms with E-state index in [9.17, 15) is 13.2 Å². The Kier molecular flexibility index (Phi) is 3.00. The highest BCUT2D eigenvalue weighted by atomic mass is 19.4. The molecule has 1 aromatic carbocycles. The number of halogens is 3. The number of hydrogen-bond donors (Lipinski definition) is 0. The van der Waals surface area contributed by atoms with Gasteiger partial charge in [0.15, 0.2) is 0 Å². The van der Waals surface area contributed by atoms with Gasteiger partial charge < -0.3 is 9.26 Å². The number of aryl methyl sites for hydroxylation is 1. The zero-order chi connectivity index (χ0) is 15.0. The predicted molar refractivity (Wildman–Crippen MR) is 65.9 cm³/mol. The van der Waals surface area contributed by atoms with Crippen molar-refractivity contribution in [1.82, 2.24) is 15.1 Å². The topological polar surface area (TPSA) is 61.0 Å². The molecule has 2 heterocycles. The van der Waals surface area contributed by atoms with Crippen LogP contribution < -0.4 is 4.74 Å². The fourth-order valence-electron chi connectivity index (χ4n) is 1.82. The van der Waals surface area contributed by atoms with Gasteiger partial charge >= 0.3 is 6.18 Å². The summed E-state index contributed by atoms with van der Waals surface area (Å²) in [6, 6.07) is 4.53. The Hall–Kier alpha value is -2.64. The van der Waals surface area contributed by atoms with E-state index in [0.29, 0.717) is 11.1 Å². The average molecular weight is 295 g/mol. The lowest BCUT2D eigenvalue weighted by Crippen LogP contribution is -2.04. The molecule has 0 atom stereocenters. The largest absolute Gasteiger partial charge is 0.438 e. The first-order chi connectivity index (χ1) is 9.95. The van der Waals surface area contributed by atoms with Crippen LogP contribution in [0.1, 0.15) is 11.3 Å². The van der Waals surface area contributed by atoms with Crippen LogP contribution in [-0.2, 0) is 6.18 Å². The first-order valence-corrected chi connectivity index (χ1v) is 5.87. The van der Waals surface area contributed by atoms with E-state index >= 15 is 0 Å². The standard InChI is InChI=1S/C13H8F3N3O2/c1-7-10-11(17-6-18-12(10)21-19-7)20-9-4-2-3-8(5-9)13(14,15)16/h2-6H,1H3. The molecule has 0 radical (unpaired) electrons. The zero-order valence-corrected chi connectivity index (χ0v) is 10.7. The van der Waals surface area contributed by atoms with Crippen molar-refractivity contribution >= 4 is 11.1 Å². The molecule has 0 fully saturated rings. The molecule has 0 saturated heterocycles. The quantitative estimate of drug-likeness (QED) is 0.720. The van der Waals surface area contributed by atoms with Crippen molar-refractivity contribution < 1.29 is 22.4 Å². The number of rotatable bonds is 2. The molecule has 2 aromatic heterocycles. The summed E-state index contributed by atoms with van der Waals surface area (Å²) in [6.45, 7) is 1.66. The summed E-state index contributed by atoms with van der Waals surface area (Å²) in [4.78, 5) is 7.77. The van der Waals surface area contributed by atoms with Gasteiger partial charge in [-0.25, -0.2) is 4.98 Å². The van der Waals surface area contributed by atoms with Gasteiger partial charge in [-0.05, 0) is 25.1 Å². The highest BCUT2D eigenvalue weighted by Crippen LogP contribution is 2.34. The normalized spacial score (nSPS) is 11.8. The van der Waals surface area contributed by atoms with Gasteiger partial charge in [0.25, 0.3) is 5.71 Å². The second kappa shape index (κ2) is 4.72. The molecule has 0 aliphatic carbocycles. The Labute approximate surface area is 116 Å². The lowest BCUT2D eigenvalue weighted by Gasteiger charge is -2.09. The van der Waals surface area contributed by atoms with Crippen LogP contribution in [0.3, 0.4) is 0 Å². The molecule has 3 rings (SSSR count). The lowest BCUT2D eigenvalue weighted by atomic mass is 10.2. The van der Waals surface area contributed by atoms with Gasteiger partial charge in [0.1, 0.15) is 17.5 Å². The van der Waals surface area contributed by atoms with Crippen molar-refractivity contribution in [2.75, 3.05) is 0 Å². The van der Waals surface area contributed by atoms with E-state index in [1.54, 1.807) is 6.92 Å². The number of fused-ring (bicyclic) bond motifs is 1. The second-order valence-corrected chi connectivity index (χ2v) is 4.25. The van der Waals surface area contributed by atoms with Crippen LogP contribution in [0, 0.1) is 6.92 Å². The number of ether oxygens (including phenoxy) is 1. The maximum absolute atomic E-state index is 12.7. The van der Waals surface area contributed by atoms with Gasteiger partial charge in [-0.2, -0.15) is 18.2 Å². The first kappa shape index (κ1) is 13.3. The third-order valence-electron chi connectivity index (χ3n) is 2.78. The predicted octanol–water partition coefficient (Wildman–Crippen LogP) is 3.74. The second-order valence-electron chi connectivity index (χ2n) is 4.25. The molecule has 0 bridgehead atoms. The molecular weight excluding hydrogens is 287 g/mol. The minimum Gasteiger partial charge on any atom is -0.438 e. The van der Waals surface area contributed by atoms with Gasteiger partial charge in [0, 0.05) is 0 Å². The van der Waals surface area contributed by atoms with E-state index in [4.69, 9.17) is 9.26 Å². The van der Waals surface area contributed by atoms with Crippen molar-refractivity contribution in [2.45, 2.75) is 13.1 Å². The number of hydrogen-bond acceptors (Lipinski definition) is 5. The van der Waals surface area contributed by atoms with Crippen LogP contribution >= 0.6 is 0 Å². The Bertz CT molecular complexity index is 799. The molecule has 21 heavy (non-hydrogen) atoms. The van der Waals surface area contributed by atoms with E-state index in [1.165, 1.54) is 18.5 Å². The first-order valence-electron chi connectivity index (χ1n) is 5.87. The van der Waals surface area contributed by atoms with Crippen molar-refractivity contribution in [2.24, 2.45) is 0 Å². The zero-order valence-electron chi connectivity index (χ0n) is 10.7. The maximum atomic E-state index is 12.7. The Morgan fingerprint density at radius 2 is 2.00 bits per heavy atom. The summed E-state index contributed by atoms with van der Waals surface area (Å²) >= 11 is 0. The van der Waals surface area contributed by atoms with Crippen molar-refractivity contribution in [3.8, 4) is 11.6 Å². The van der Waals surface area contributed by atoms with E-state index in [1.807, 2.05) is 0 Å². The van der Waals surface area contributed by atoms with Gasteiger partial charge in [-0.1, -0.05) is 11.2 Å². The minimum absolute atomic E-state index is 0.0189. The molecule has 8 heteroatoms. The summed E-state index contributed by atoms with van der Waals surface area (Å²) in [5.41, 5.74) is -0.0932. The van der Waals surface area contributed by atoms with Gasteiger partial charge in [-0.15, -0.1) is 0 Å². The summed E-state index contributed by atoms with van der Waals surface area (Å²) in [5.74, 6) is 0.114. The van der Waals surface area contributed by atoms with E-state index < -0.39 is 11.7 Å². The highest BCUT2D eigenvalue weighted by Gasteiger charge is 2.30. The number of benzene rings is 1. The Morgan fingerprint density at radius 3 is 2.76 bits per heavy atom. The number of nitrogens with zero attached hydrogens (tertiary/aromatic N) is 3. The molecule has 0 N–H and O–H groups in total. The van der Waals surface area contributed by atoms with Gasteiger partial charge in [0.2, 0.25) is 5.88 Å². The van der Waals surface area contributed by atoms with Crippen LogP contribution in [0.4, 0.5) is 13.2 Å². The lowest BCUT2D eigenvalue weighted by molar-refractivity contribution is -0.137. The van der Waals surface area contributed by atoms with E-state index in [0.717, 1.165) is 12.1 Å². The molecule has 0 saturated carbocycles. The van der Waals surface area contributed by atoms with E-state index in [-0.39, 0.29) is 17.3 Å². The van der Waals surface area contributed by atoms with Crippen LogP contribution in [0.15, 0.2) is 35.1 Å². The molecule has 3 aromatic rings. The van der Waals surface area contributed by atoms with Crippen molar-refractivity contribution in [1.29, 1.82) is 0 Å². The average Bonchev–Trinajstić information content (AvgIpc) is 2.81. The molecular formula is C13H8F3N3O2. The maximum Gasteiger partial charge on any atom is 0.416 e. The smallest absolute Gasteiger partial charge is 0.416 e. The molecule has 0 amide bonds. The van der Waals surface area contributed by atoms with Crippen LogP contribution in [0.2, 0.25) is 0 Å². The van der Waals surface area contributed by atoms with Crippen molar-refractivity contribution in [3.05, 3.63) is 41.9 Å². The number of aromatic nitrogens is 3. The Balaban J connectivity index is 2.01. The van der Waals surface area contributed by atoms with Crippen LogP contribution in [0.5, 0.6) is 11.6 Å². The molecule has 0 unspecified atom stereocenters.